The number of pyridine rings is 1. The van der Waals surface area contributed by atoms with E-state index in [-0.39, 0.29) is 15.5 Å². The first-order valence-corrected chi connectivity index (χ1v) is 5.74. The molecule has 0 bridgehead atoms. The van der Waals surface area contributed by atoms with Crippen molar-refractivity contribution in [3.63, 3.8) is 0 Å². The first-order valence-electron chi connectivity index (χ1n) is 4.15. The van der Waals surface area contributed by atoms with Crippen LogP contribution in [0, 0.1) is 0 Å². The number of aromatic nitrogens is 1. The minimum atomic E-state index is -2.71. The molecule has 1 heterocycles. The lowest BCUT2D eigenvalue weighted by Gasteiger charge is -2.08. The van der Waals surface area contributed by atoms with E-state index >= 15 is 0 Å². The highest BCUT2D eigenvalue weighted by atomic mass is 79.9. The van der Waals surface area contributed by atoms with Crippen molar-refractivity contribution in [1.29, 1.82) is 0 Å². The second-order valence-electron chi connectivity index (χ2n) is 2.86. The zero-order valence-corrected chi connectivity index (χ0v) is 11.3. The molecule has 0 aliphatic carbocycles. The van der Waals surface area contributed by atoms with Crippen molar-refractivity contribution in [3.8, 4) is 0 Å². The monoisotopic (exact) mass is 357 g/mol. The van der Waals surface area contributed by atoms with Crippen molar-refractivity contribution < 1.29 is 18.3 Å². The van der Waals surface area contributed by atoms with E-state index in [0.717, 1.165) is 0 Å². The van der Waals surface area contributed by atoms with Crippen LogP contribution in [0.1, 0.15) is 17.7 Å². The number of carbonyl (C=O) groups excluding carboxylic acids is 1. The summed E-state index contributed by atoms with van der Waals surface area (Å²) in [5.74, 6) is -0.501. The summed E-state index contributed by atoms with van der Waals surface area (Å²) >= 11 is 6.01. The molecule has 16 heavy (non-hydrogen) atoms. The predicted molar refractivity (Wildman–Crippen MR) is 60.3 cm³/mol. The van der Waals surface area contributed by atoms with Gasteiger partial charge in [-0.25, -0.2) is 13.8 Å². The highest BCUT2D eigenvalue weighted by Gasteiger charge is 2.19. The first-order chi connectivity index (χ1) is 7.45. The quantitative estimate of drug-likeness (QED) is 0.615. The summed E-state index contributed by atoms with van der Waals surface area (Å²) in [5.41, 5.74) is 0.0114. The standard InChI is InChI=1S/C9H7Br2F2NO2/c1-16-6(15)3-4-2-5(10)14-8(7(4)11)9(12)13/h2,9H,3H2,1H3. The van der Waals surface area contributed by atoms with E-state index in [1.807, 2.05) is 0 Å². The highest BCUT2D eigenvalue weighted by molar-refractivity contribution is 9.11. The van der Waals surface area contributed by atoms with Crippen molar-refractivity contribution in [2.24, 2.45) is 0 Å². The Morgan fingerprint density at radius 3 is 2.69 bits per heavy atom. The van der Waals surface area contributed by atoms with Gasteiger partial charge >= 0.3 is 5.97 Å². The maximum Gasteiger partial charge on any atom is 0.310 e. The molecule has 3 nitrogen and oxygen atoms in total. The van der Waals surface area contributed by atoms with Crippen LogP contribution in [0.2, 0.25) is 0 Å². The maximum absolute atomic E-state index is 12.6. The number of halogens is 4. The average Bonchev–Trinajstić information content (AvgIpc) is 2.22. The number of hydrogen-bond donors (Lipinski definition) is 0. The molecule has 0 radical (unpaired) electrons. The van der Waals surface area contributed by atoms with E-state index in [2.05, 4.69) is 41.6 Å². The van der Waals surface area contributed by atoms with Crippen LogP contribution in [-0.2, 0) is 16.0 Å². The van der Waals surface area contributed by atoms with E-state index in [4.69, 9.17) is 0 Å². The number of esters is 1. The van der Waals surface area contributed by atoms with Gasteiger partial charge in [0.05, 0.1) is 13.5 Å². The average molecular weight is 359 g/mol. The number of hydrogen-bond acceptors (Lipinski definition) is 3. The van der Waals surface area contributed by atoms with Crippen molar-refractivity contribution in [3.05, 3.63) is 26.4 Å². The zero-order chi connectivity index (χ0) is 12.3. The van der Waals surface area contributed by atoms with E-state index in [9.17, 15) is 13.6 Å². The van der Waals surface area contributed by atoms with Gasteiger partial charge in [-0.1, -0.05) is 0 Å². The van der Waals surface area contributed by atoms with Crippen LogP contribution in [-0.4, -0.2) is 18.1 Å². The first kappa shape index (κ1) is 13.5. The van der Waals surface area contributed by atoms with Crippen molar-refractivity contribution in [1.82, 2.24) is 4.98 Å². The van der Waals surface area contributed by atoms with Gasteiger partial charge in [0.15, 0.2) is 0 Å². The molecule has 0 atom stereocenters. The Morgan fingerprint density at radius 1 is 1.56 bits per heavy atom. The Bertz CT molecular complexity index is 413. The van der Waals surface area contributed by atoms with Gasteiger partial charge in [-0.15, -0.1) is 0 Å². The van der Waals surface area contributed by atoms with E-state index in [0.29, 0.717) is 5.56 Å². The summed E-state index contributed by atoms with van der Waals surface area (Å²) in [6, 6.07) is 1.49. The SMILES string of the molecule is COC(=O)Cc1cc(Br)nc(C(F)F)c1Br. The largest absolute Gasteiger partial charge is 0.469 e. The molecular formula is C9H7Br2F2NO2. The minimum Gasteiger partial charge on any atom is -0.469 e. The Kier molecular flexibility index (Phi) is 4.79. The molecule has 0 saturated heterocycles. The van der Waals surface area contributed by atoms with Crippen LogP contribution in [0.15, 0.2) is 15.1 Å². The summed E-state index contributed by atoms with van der Waals surface area (Å²) < 4.78 is 30.0. The molecule has 0 fully saturated rings. The fraction of sp³-hybridized carbons (Fsp3) is 0.333. The van der Waals surface area contributed by atoms with Crippen LogP contribution in [0.25, 0.3) is 0 Å². The van der Waals surface area contributed by atoms with Crippen molar-refractivity contribution in [2.75, 3.05) is 7.11 Å². The summed E-state index contributed by atoms with van der Waals surface area (Å²) in [5, 5.41) is 0. The Morgan fingerprint density at radius 2 is 2.19 bits per heavy atom. The molecule has 0 spiro atoms. The highest BCUT2D eigenvalue weighted by Crippen LogP contribution is 2.30. The summed E-state index contributed by atoms with van der Waals surface area (Å²) in [6.07, 6.45) is -2.79. The van der Waals surface area contributed by atoms with Gasteiger partial charge in [-0.3, -0.25) is 4.79 Å². The van der Waals surface area contributed by atoms with Gasteiger partial charge in [-0.2, -0.15) is 0 Å². The number of ether oxygens (including phenoxy) is 1. The van der Waals surface area contributed by atoms with Crippen molar-refractivity contribution >= 4 is 37.8 Å². The normalized spacial score (nSPS) is 10.6. The molecule has 1 rings (SSSR count). The van der Waals surface area contributed by atoms with Gasteiger partial charge in [0.2, 0.25) is 0 Å². The fourth-order valence-electron chi connectivity index (χ4n) is 1.07. The number of carbonyl (C=O) groups is 1. The summed E-state index contributed by atoms with van der Waals surface area (Å²) in [7, 11) is 1.24. The van der Waals surface area contributed by atoms with Gasteiger partial charge in [0, 0.05) is 4.47 Å². The van der Waals surface area contributed by atoms with Gasteiger partial charge in [0.25, 0.3) is 6.43 Å². The third kappa shape index (κ3) is 3.21. The lowest BCUT2D eigenvalue weighted by atomic mass is 10.1. The molecule has 0 N–H and O–H groups in total. The molecule has 0 saturated carbocycles. The van der Waals surface area contributed by atoms with E-state index < -0.39 is 18.1 Å². The molecule has 1 aromatic heterocycles. The molecule has 0 amide bonds. The third-order valence-electron chi connectivity index (χ3n) is 1.80. The molecular weight excluding hydrogens is 352 g/mol. The van der Waals surface area contributed by atoms with E-state index in [1.54, 1.807) is 0 Å². The maximum atomic E-state index is 12.6. The minimum absolute atomic E-state index is 0.0854. The zero-order valence-electron chi connectivity index (χ0n) is 8.14. The molecule has 0 aliphatic rings. The van der Waals surface area contributed by atoms with Crippen LogP contribution in [0.4, 0.5) is 8.78 Å². The second kappa shape index (κ2) is 5.67. The topological polar surface area (TPSA) is 39.2 Å². The van der Waals surface area contributed by atoms with Gasteiger partial charge < -0.3 is 4.74 Å². The van der Waals surface area contributed by atoms with Crippen molar-refractivity contribution in [2.45, 2.75) is 12.8 Å². The van der Waals surface area contributed by atoms with Crippen LogP contribution >= 0.6 is 31.9 Å². The predicted octanol–water partition coefficient (Wildman–Crippen LogP) is 3.26. The van der Waals surface area contributed by atoms with Crippen LogP contribution in [0.5, 0.6) is 0 Å². The second-order valence-corrected chi connectivity index (χ2v) is 4.46. The molecule has 0 aromatic carbocycles. The van der Waals surface area contributed by atoms with Crippen LogP contribution in [0.3, 0.4) is 0 Å². The Hall–Kier alpha value is -0.560. The van der Waals surface area contributed by atoms with Crippen LogP contribution < -0.4 is 0 Å². The van der Waals surface area contributed by atoms with Gasteiger partial charge in [-0.05, 0) is 43.5 Å². The smallest absolute Gasteiger partial charge is 0.310 e. The van der Waals surface area contributed by atoms with Gasteiger partial charge in [0.1, 0.15) is 10.3 Å². The lowest BCUT2D eigenvalue weighted by molar-refractivity contribution is -0.139. The van der Waals surface area contributed by atoms with E-state index in [1.165, 1.54) is 13.2 Å². The third-order valence-corrected chi connectivity index (χ3v) is 3.12. The number of alkyl halides is 2. The summed E-state index contributed by atoms with van der Waals surface area (Å²) in [6.45, 7) is 0. The molecule has 88 valence electrons. The molecule has 7 heteroatoms. The number of nitrogens with zero attached hydrogens (tertiary/aromatic N) is 1. The number of rotatable bonds is 3. The Labute approximate surface area is 107 Å². The fourth-order valence-corrected chi connectivity index (χ4v) is 2.05. The lowest BCUT2D eigenvalue weighted by Crippen LogP contribution is -2.07. The molecule has 1 aromatic rings. The summed E-state index contributed by atoms with van der Waals surface area (Å²) in [4.78, 5) is 14.7. The molecule has 0 aliphatic heterocycles. The Balaban J connectivity index is 3.14. The molecule has 0 unspecified atom stereocenters. The number of methoxy groups -OCH3 is 1.